The number of anilines is 1. The third-order valence-corrected chi connectivity index (χ3v) is 5.18. The molecule has 1 N–H and O–H groups in total. The molecular formula is C17H14ClN3OS. The fourth-order valence-corrected chi connectivity index (χ4v) is 3.86. The van der Waals surface area contributed by atoms with Crippen LogP contribution in [0.2, 0.25) is 5.02 Å². The zero-order valence-corrected chi connectivity index (χ0v) is 13.8. The Kier molecular flexibility index (Phi) is 3.67. The van der Waals surface area contributed by atoms with Crippen LogP contribution in [-0.2, 0) is 11.3 Å². The van der Waals surface area contributed by atoms with Crippen molar-refractivity contribution in [2.75, 3.05) is 5.32 Å². The molecule has 3 aromatic rings. The first-order valence-electron chi connectivity index (χ1n) is 7.33. The first-order valence-corrected chi connectivity index (χ1v) is 8.65. The van der Waals surface area contributed by atoms with Crippen molar-refractivity contribution in [1.29, 1.82) is 0 Å². The number of thiophene rings is 1. The smallest absolute Gasteiger partial charge is 0.226 e. The van der Waals surface area contributed by atoms with Crippen LogP contribution in [0.4, 0.5) is 5.82 Å². The van der Waals surface area contributed by atoms with Gasteiger partial charge in [-0.25, -0.2) is 4.68 Å². The van der Waals surface area contributed by atoms with E-state index in [1.165, 1.54) is 5.56 Å². The van der Waals surface area contributed by atoms with E-state index in [-0.39, 0.29) is 11.8 Å². The Morgan fingerprint density at radius 1 is 1.35 bits per heavy atom. The van der Waals surface area contributed by atoms with Crippen molar-refractivity contribution in [2.45, 2.75) is 18.9 Å². The quantitative estimate of drug-likeness (QED) is 0.777. The first kappa shape index (κ1) is 14.5. The maximum atomic E-state index is 12.1. The fraction of sp³-hybridized carbons (Fsp3) is 0.176. The Morgan fingerprint density at radius 3 is 3.00 bits per heavy atom. The van der Waals surface area contributed by atoms with Crippen LogP contribution in [0.5, 0.6) is 0 Å². The molecule has 0 saturated carbocycles. The number of fused-ring (bicyclic) bond motifs is 1. The summed E-state index contributed by atoms with van der Waals surface area (Å²) >= 11 is 7.88. The van der Waals surface area contributed by atoms with Crippen LogP contribution >= 0.6 is 22.9 Å². The van der Waals surface area contributed by atoms with Gasteiger partial charge in [-0.3, -0.25) is 4.79 Å². The molecule has 0 spiro atoms. The number of carbonyl (C=O) groups is 1. The standard InChI is InChI=1S/C17H14ClN3OS/c18-15-4-2-1-3-11(15)9-21-17-14(8-19-21)13(7-16(22)20-17)12-5-6-23-10-12/h1-6,8,10,13H,7,9H2,(H,20,22)/t13-/m1/s1. The molecule has 116 valence electrons. The highest BCUT2D eigenvalue weighted by Gasteiger charge is 2.30. The largest absolute Gasteiger partial charge is 0.311 e. The van der Waals surface area contributed by atoms with Crippen LogP contribution in [-0.4, -0.2) is 15.7 Å². The van der Waals surface area contributed by atoms with Crippen LogP contribution in [0.15, 0.2) is 47.3 Å². The average Bonchev–Trinajstić information content (AvgIpc) is 3.19. The molecule has 1 amide bonds. The summed E-state index contributed by atoms with van der Waals surface area (Å²) in [7, 11) is 0. The van der Waals surface area contributed by atoms with Gasteiger partial charge < -0.3 is 5.32 Å². The van der Waals surface area contributed by atoms with E-state index in [9.17, 15) is 4.79 Å². The second-order valence-electron chi connectivity index (χ2n) is 5.56. The molecule has 1 aromatic carbocycles. The summed E-state index contributed by atoms with van der Waals surface area (Å²) in [6.45, 7) is 0.533. The Balaban J connectivity index is 1.72. The van der Waals surface area contributed by atoms with Gasteiger partial charge in [0.25, 0.3) is 0 Å². The van der Waals surface area contributed by atoms with Crippen molar-refractivity contribution in [3.8, 4) is 0 Å². The van der Waals surface area contributed by atoms with Gasteiger partial charge >= 0.3 is 0 Å². The van der Waals surface area contributed by atoms with Gasteiger partial charge in [0.2, 0.25) is 5.91 Å². The summed E-state index contributed by atoms with van der Waals surface area (Å²) in [6.07, 6.45) is 2.31. The maximum Gasteiger partial charge on any atom is 0.226 e. The van der Waals surface area contributed by atoms with Crippen molar-refractivity contribution in [2.24, 2.45) is 0 Å². The lowest BCUT2D eigenvalue weighted by Crippen LogP contribution is -2.24. The van der Waals surface area contributed by atoms with Crippen molar-refractivity contribution in [3.63, 3.8) is 0 Å². The fourth-order valence-electron chi connectivity index (χ4n) is 2.95. The van der Waals surface area contributed by atoms with Crippen molar-refractivity contribution < 1.29 is 4.79 Å². The minimum absolute atomic E-state index is 0.0228. The number of amides is 1. The van der Waals surface area contributed by atoms with E-state index in [1.54, 1.807) is 11.3 Å². The predicted molar refractivity (Wildman–Crippen MR) is 92.2 cm³/mol. The third-order valence-electron chi connectivity index (χ3n) is 4.11. The summed E-state index contributed by atoms with van der Waals surface area (Å²) in [6, 6.07) is 9.75. The summed E-state index contributed by atoms with van der Waals surface area (Å²) < 4.78 is 1.81. The van der Waals surface area contributed by atoms with E-state index < -0.39 is 0 Å². The van der Waals surface area contributed by atoms with E-state index >= 15 is 0 Å². The van der Waals surface area contributed by atoms with Gasteiger partial charge in [0.05, 0.1) is 12.7 Å². The van der Waals surface area contributed by atoms with Crippen LogP contribution < -0.4 is 5.32 Å². The van der Waals surface area contributed by atoms with E-state index in [0.29, 0.717) is 18.0 Å². The van der Waals surface area contributed by atoms with Gasteiger partial charge in [-0.05, 0) is 34.0 Å². The van der Waals surface area contributed by atoms with Crippen molar-refractivity contribution >= 4 is 34.7 Å². The topological polar surface area (TPSA) is 46.9 Å². The normalized spacial score (nSPS) is 16.9. The summed E-state index contributed by atoms with van der Waals surface area (Å²) in [5, 5.41) is 12.3. The number of nitrogens with zero attached hydrogens (tertiary/aromatic N) is 2. The molecule has 0 unspecified atom stereocenters. The molecule has 3 heterocycles. The highest BCUT2D eigenvalue weighted by molar-refractivity contribution is 7.08. The number of aromatic nitrogens is 2. The molecule has 6 heteroatoms. The second-order valence-corrected chi connectivity index (χ2v) is 6.75. The zero-order chi connectivity index (χ0) is 15.8. The minimum atomic E-state index is 0.0228. The van der Waals surface area contributed by atoms with Gasteiger partial charge in [-0.1, -0.05) is 29.8 Å². The molecule has 0 fully saturated rings. The van der Waals surface area contributed by atoms with Gasteiger partial charge in [-0.2, -0.15) is 16.4 Å². The third kappa shape index (κ3) is 2.66. The minimum Gasteiger partial charge on any atom is -0.311 e. The molecule has 23 heavy (non-hydrogen) atoms. The monoisotopic (exact) mass is 343 g/mol. The van der Waals surface area contributed by atoms with Crippen LogP contribution in [0, 0.1) is 0 Å². The van der Waals surface area contributed by atoms with E-state index in [4.69, 9.17) is 11.6 Å². The molecule has 0 radical (unpaired) electrons. The van der Waals surface area contributed by atoms with Crippen LogP contribution in [0.1, 0.15) is 29.0 Å². The van der Waals surface area contributed by atoms with E-state index in [1.807, 2.05) is 40.5 Å². The van der Waals surface area contributed by atoms with Gasteiger partial charge in [-0.15, -0.1) is 0 Å². The predicted octanol–water partition coefficient (Wildman–Crippen LogP) is 4.12. The van der Waals surface area contributed by atoms with Crippen LogP contribution in [0.25, 0.3) is 0 Å². The lowest BCUT2D eigenvalue weighted by atomic mass is 9.89. The number of benzene rings is 1. The molecular weight excluding hydrogens is 330 g/mol. The van der Waals surface area contributed by atoms with Crippen molar-refractivity contribution in [3.05, 3.63) is 69.0 Å². The van der Waals surface area contributed by atoms with E-state index in [0.717, 1.165) is 16.9 Å². The van der Waals surface area contributed by atoms with Gasteiger partial charge in [0.1, 0.15) is 5.82 Å². The molecule has 1 aliphatic rings. The Hall–Kier alpha value is -2.11. The number of hydrogen-bond acceptors (Lipinski definition) is 3. The van der Waals surface area contributed by atoms with Crippen LogP contribution in [0.3, 0.4) is 0 Å². The Bertz CT molecular complexity index is 857. The lowest BCUT2D eigenvalue weighted by molar-refractivity contribution is -0.116. The number of halogens is 1. The summed E-state index contributed by atoms with van der Waals surface area (Å²) in [4.78, 5) is 12.1. The molecule has 0 aliphatic carbocycles. The van der Waals surface area contributed by atoms with E-state index in [2.05, 4.69) is 21.9 Å². The SMILES string of the molecule is O=C1C[C@H](c2ccsc2)c2cnn(Cc3ccccc3Cl)c2N1. The number of carbonyl (C=O) groups excluding carboxylic acids is 1. The second kappa shape index (κ2) is 5.83. The first-order chi connectivity index (χ1) is 11.2. The molecule has 2 aromatic heterocycles. The summed E-state index contributed by atoms with van der Waals surface area (Å²) in [5.41, 5.74) is 3.21. The van der Waals surface area contributed by atoms with Gasteiger partial charge in [0, 0.05) is 22.9 Å². The number of nitrogens with one attached hydrogen (secondary N) is 1. The highest BCUT2D eigenvalue weighted by Crippen LogP contribution is 2.38. The lowest BCUT2D eigenvalue weighted by Gasteiger charge is -2.23. The highest BCUT2D eigenvalue weighted by atomic mass is 35.5. The Morgan fingerprint density at radius 2 is 2.22 bits per heavy atom. The molecule has 1 aliphatic heterocycles. The molecule has 4 nitrogen and oxygen atoms in total. The average molecular weight is 344 g/mol. The number of hydrogen-bond donors (Lipinski definition) is 1. The molecule has 0 bridgehead atoms. The maximum absolute atomic E-state index is 12.1. The molecule has 4 rings (SSSR count). The van der Waals surface area contributed by atoms with Crippen molar-refractivity contribution in [1.82, 2.24) is 9.78 Å². The molecule has 0 saturated heterocycles. The number of rotatable bonds is 3. The van der Waals surface area contributed by atoms with Gasteiger partial charge in [0.15, 0.2) is 0 Å². The molecule has 1 atom stereocenters. The Labute approximate surface area is 142 Å². The summed E-state index contributed by atoms with van der Waals surface area (Å²) in [5.74, 6) is 0.872. The zero-order valence-electron chi connectivity index (χ0n) is 12.2.